The monoisotopic (exact) mass is 345 g/mol. The maximum Gasteiger partial charge on any atom is 0.230 e. The number of benzene rings is 1. The highest BCUT2D eigenvalue weighted by Gasteiger charge is 2.42. The molecular formula is C19H23NO3S. The zero-order chi connectivity index (χ0) is 17.0. The van der Waals surface area contributed by atoms with E-state index >= 15 is 0 Å². The molecule has 0 saturated carbocycles. The van der Waals surface area contributed by atoms with E-state index < -0.39 is 11.0 Å². The molecule has 0 spiro atoms. The molecule has 24 heavy (non-hydrogen) atoms. The van der Waals surface area contributed by atoms with Crippen LogP contribution in [0.4, 0.5) is 0 Å². The van der Waals surface area contributed by atoms with Gasteiger partial charge in [0, 0.05) is 18.1 Å². The fraction of sp³-hybridized carbons (Fsp3) is 0.421. The maximum atomic E-state index is 13.1. The quantitative estimate of drug-likeness (QED) is 0.876. The lowest BCUT2D eigenvalue weighted by molar-refractivity contribution is -0.131. The average molecular weight is 345 g/mol. The largest absolute Gasteiger partial charge is 0.383 e. The van der Waals surface area contributed by atoms with Gasteiger partial charge in [0.15, 0.2) is 0 Å². The summed E-state index contributed by atoms with van der Waals surface area (Å²) in [5.41, 5.74) is -0.626. The molecule has 1 fully saturated rings. The van der Waals surface area contributed by atoms with E-state index in [9.17, 15) is 9.90 Å². The lowest BCUT2D eigenvalue weighted by atomic mass is 9.73. The Hall–Kier alpha value is -1.69. The first-order valence-corrected chi connectivity index (χ1v) is 9.10. The molecule has 1 amide bonds. The summed E-state index contributed by atoms with van der Waals surface area (Å²) in [5, 5.41) is 15.6. The van der Waals surface area contributed by atoms with Gasteiger partial charge in [0.1, 0.15) is 5.60 Å². The molecule has 1 aliphatic heterocycles. The van der Waals surface area contributed by atoms with Crippen LogP contribution in [0, 0.1) is 0 Å². The van der Waals surface area contributed by atoms with Crippen LogP contribution >= 0.6 is 11.3 Å². The summed E-state index contributed by atoms with van der Waals surface area (Å²) < 4.78 is 5.47. The molecule has 3 rings (SSSR count). The van der Waals surface area contributed by atoms with Gasteiger partial charge in [-0.3, -0.25) is 4.79 Å². The topological polar surface area (TPSA) is 58.6 Å². The molecule has 1 saturated heterocycles. The van der Waals surface area contributed by atoms with Gasteiger partial charge in [-0.1, -0.05) is 36.4 Å². The number of carbonyl (C=O) groups is 1. The molecule has 2 aromatic rings. The minimum Gasteiger partial charge on any atom is -0.383 e. The minimum absolute atomic E-state index is 0.0335. The van der Waals surface area contributed by atoms with Crippen molar-refractivity contribution in [2.45, 2.75) is 30.8 Å². The van der Waals surface area contributed by atoms with Crippen molar-refractivity contribution in [1.82, 2.24) is 5.32 Å². The Morgan fingerprint density at radius 1 is 1.25 bits per heavy atom. The Labute approximate surface area is 146 Å². The number of aliphatic hydroxyl groups is 1. The van der Waals surface area contributed by atoms with Crippen molar-refractivity contribution in [3.8, 4) is 0 Å². The van der Waals surface area contributed by atoms with Crippen LogP contribution in [0.3, 0.4) is 0 Å². The molecule has 0 aliphatic carbocycles. The smallest absolute Gasteiger partial charge is 0.230 e. The van der Waals surface area contributed by atoms with E-state index in [4.69, 9.17) is 4.74 Å². The molecule has 1 aliphatic rings. The van der Waals surface area contributed by atoms with Gasteiger partial charge in [0.25, 0.3) is 0 Å². The number of carbonyl (C=O) groups excluding carboxylic acids is 1. The van der Waals surface area contributed by atoms with Crippen molar-refractivity contribution in [1.29, 1.82) is 0 Å². The van der Waals surface area contributed by atoms with Crippen molar-refractivity contribution in [3.63, 3.8) is 0 Å². The first-order chi connectivity index (χ1) is 11.5. The Bertz CT molecular complexity index is 661. The predicted octanol–water partition coefficient (Wildman–Crippen LogP) is 2.82. The molecule has 1 aromatic heterocycles. The fourth-order valence-corrected chi connectivity index (χ4v) is 4.00. The summed E-state index contributed by atoms with van der Waals surface area (Å²) in [4.78, 5) is 13.9. The Morgan fingerprint density at radius 2 is 1.96 bits per heavy atom. The second kappa shape index (κ2) is 7.05. The number of ether oxygens (including phenoxy) is 1. The molecular weight excluding hydrogens is 322 g/mol. The van der Waals surface area contributed by atoms with Crippen molar-refractivity contribution < 1.29 is 14.6 Å². The van der Waals surface area contributed by atoms with Gasteiger partial charge in [-0.2, -0.15) is 0 Å². The highest BCUT2D eigenvalue weighted by atomic mass is 32.1. The molecule has 1 aromatic carbocycles. The van der Waals surface area contributed by atoms with Gasteiger partial charge in [-0.05, 0) is 36.8 Å². The molecule has 5 heteroatoms. The Kier molecular flexibility index (Phi) is 5.04. The summed E-state index contributed by atoms with van der Waals surface area (Å²) in [7, 11) is 0. The lowest BCUT2D eigenvalue weighted by Crippen LogP contribution is -2.50. The molecule has 4 nitrogen and oxygen atoms in total. The van der Waals surface area contributed by atoms with Crippen LogP contribution in [0.1, 0.15) is 30.2 Å². The van der Waals surface area contributed by atoms with E-state index in [0.29, 0.717) is 26.1 Å². The summed E-state index contributed by atoms with van der Waals surface area (Å²) in [5.74, 6) is -0.0335. The third-order valence-corrected chi connectivity index (χ3v) is 5.88. The summed E-state index contributed by atoms with van der Waals surface area (Å²) in [6.07, 6.45) is 1.31. The number of hydrogen-bond acceptors (Lipinski definition) is 4. The van der Waals surface area contributed by atoms with Gasteiger partial charge < -0.3 is 15.2 Å². The van der Waals surface area contributed by atoms with Crippen molar-refractivity contribution >= 4 is 17.2 Å². The number of rotatable bonds is 5. The van der Waals surface area contributed by atoms with E-state index in [2.05, 4.69) is 5.32 Å². The van der Waals surface area contributed by atoms with Crippen LogP contribution in [0.5, 0.6) is 0 Å². The van der Waals surface area contributed by atoms with Crippen molar-refractivity contribution in [3.05, 3.63) is 58.3 Å². The zero-order valence-electron chi connectivity index (χ0n) is 13.8. The number of amides is 1. The molecule has 1 atom stereocenters. The summed E-state index contributed by atoms with van der Waals surface area (Å²) in [6.45, 7) is 3.08. The number of thiophene rings is 1. The van der Waals surface area contributed by atoms with E-state index in [1.165, 1.54) is 11.3 Å². The van der Waals surface area contributed by atoms with Crippen LogP contribution in [0.15, 0.2) is 47.8 Å². The standard InChI is InChI=1S/C19H23NO3S/c1-18(22,16-8-5-13-24-16)14-20-17(21)19(9-11-23-12-10-19)15-6-3-2-4-7-15/h2-8,13,22H,9-12,14H2,1H3,(H,20,21). The van der Waals surface area contributed by atoms with Gasteiger partial charge >= 0.3 is 0 Å². The van der Waals surface area contributed by atoms with Crippen LogP contribution < -0.4 is 5.32 Å². The Morgan fingerprint density at radius 3 is 2.58 bits per heavy atom. The Balaban J connectivity index is 1.78. The van der Waals surface area contributed by atoms with E-state index in [1.807, 2.05) is 47.8 Å². The summed E-state index contributed by atoms with van der Waals surface area (Å²) >= 11 is 1.49. The normalized spacial score (nSPS) is 19.4. The van der Waals surface area contributed by atoms with E-state index in [-0.39, 0.29) is 12.5 Å². The third-order valence-electron chi connectivity index (χ3n) is 4.75. The van der Waals surface area contributed by atoms with Crippen molar-refractivity contribution in [2.24, 2.45) is 0 Å². The second-order valence-corrected chi connectivity index (χ2v) is 7.44. The number of hydrogen-bond donors (Lipinski definition) is 2. The SMILES string of the molecule is CC(O)(CNC(=O)C1(c2ccccc2)CCOCC1)c1cccs1. The molecule has 2 heterocycles. The lowest BCUT2D eigenvalue weighted by Gasteiger charge is -2.37. The predicted molar refractivity (Wildman–Crippen MR) is 95.1 cm³/mol. The van der Waals surface area contributed by atoms with Crippen LogP contribution in [0.2, 0.25) is 0 Å². The van der Waals surface area contributed by atoms with Crippen LogP contribution in [-0.2, 0) is 20.5 Å². The fourth-order valence-electron chi connectivity index (χ4n) is 3.22. The average Bonchev–Trinajstić information content (AvgIpc) is 3.17. The van der Waals surface area contributed by atoms with Gasteiger partial charge in [-0.25, -0.2) is 0 Å². The second-order valence-electron chi connectivity index (χ2n) is 6.49. The maximum absolute atomic E-state index is 13.1. The first kappa shape index (κ1) is 17.1. The number of nitrogens with one attached hydrogen (secondary N) is 1. The molecule has 1 unspecified atom stereocenters. The van der Waals surface area contributed by atoms with Crippen LogP contribution in [0.25, 0.3) is 0 Å². The van der Waals surface area contributed by atoms with Crippen molar-refractivity contribution in [2.75, 3.05) is 19.8 Å². The molecule has 0 bridgehead atoms. The van der Waals surface area contributed by atoms with Gasteiger partial charge in [-0.15, -0.1) is 11.3 Å². The van der Waals surface area contributed by atoms with E-state index in [1.54, 1.807) is 6.92 Å². The first-order valence-electron chi connectivity index (χ1n) is 8.23. The van der Waals surface area contributed by atoms with Gasteiger partial charge in [0.2, 0.25) is 5.91 Å². The summed E-state index contributed by atoms with van der Waals surface area (Å²) in [6, 6.07) is 13.7. The minimum atomic E-state index is -1.06. The van der Waals surface area contributed by atoms with Crippen LogP contribution in [-0.4, -0.2) is 30.8 Å². The molecule has 0 radical (unpaired) electrons. The molecule has 128 valence electrons. The third kappa shape index (κ3) is 3.38. The molecule has 2 N–H and O–H groups in total. The van der Waals surface area contributed by atoms with Gasteiger partial charge in [0.05, 0.1) is 12.0 Å². The van der Waals surface area contributed by atoms with E-state index in [0.717, 1.165) is 10.4 Å². The zero-order valence-corrected chi connectivity index (χ0v) is 14.6. The highest BCUT2D eigenvalue weighted by Crippen LogP contribution is 2.35. The highest BCUT2D eigenvalue weighted by molar-refractivity contribution is 7.10.